The number of halogens is 1. The molecule has 8 nitrogen and oxygen atoms in total. The highest BCUT2D eigenvalue weighted by molar-refractivity contribution is 7.89. The molecule has 1 amide bonds. The molecular formula is C18H19FN2O6S. The molecular weight excluding hydrogens is 391 g/mol. The van der Waals surface area contributed by atoms with Gasteiger partial charge in [-0.2, -0.15) is 4.72 Å². The van der Waals surface area contributed by atoms with Crippen molar-refractivity contribution < 1.29 is 31.8 Å². The Labute approximate surface area is 161 Å². The van der Waals surface area contributed by atoms with Gasteiger partial charge in [0.15, 0.2) is 11.5 Å². The van der Waals surface area contributed by atoms with Crippen LogP contribution in [0.15, 0.2) is 41.3 Å². The summed E-state index contributed by atoms with van der Waals surface area (Å²) in [5.74, 6) is -0.323. The van der Waals surface area contributed by atoms with E-state index in [0.717, 1.165) is 12.1 Å². The van der Waals surface area contributed by atoms with Crippen molar-refractivity contribution in [1.29, 1.82) is 0 Å². The molecule has 2 N–H and O–H groups in total. The molecule has 1 atom stereocenters. The van der Waals surface area contributed by atoms with Gasteiger partial charge in [0.1, 0.15) is 29.7 Å². The first-order chi connectivity index (χ1) is 13.3. The Bertz CT molecular complexity index is 996. The van der Waals surface area contributed by atoms with Gasteiger partial charge < -0.3 is 19.5 Å². The number of nitrogens with one attached hydrogen (secondary N) is 2. The van der Waals surface area contributed by atoms with Gasteiger partial charge in [0.05, 0.1) is 13.2 Å². The van der Waals surface area contributed by atoms with E-state index >= 15 is 0 Å². The number of hydrogen-bond acceptors (Lipinski definition) is 6. The van der Waals surface area contributed by atoms with E-state index in [-0.39, 0.29) is 5.75 Å². The van der Waals surface area contributed by atoms with Crippen molar-refractivity contribution in [2.45, 2.75) is 17.9 Å². The Morgan fingerprint density at radius 2 is 1.86 bits per heavy atom. The summed E-state index contributed by atoms with van der Waals surface area (Å²) in [7, 11) is -2.93. The minimum absolute atomic E-state index is 0.0339. The lowest BCUT2D eigenvalue weighted by atomic mass is 10.2. The van der Waals surface area contributed by atoms with Crippen LogP contribution in [-0.4, -0.2) is 40.7 Å². The minimum atomic E-state index is -4.20. The molecule has 1 aliphatic heterocycles. The highest BCUT2D eigenvalue weighted by Crippen LogP contribution is 2.32. The molecule has 0 saturated heterocycles. The molecule has 2 aromatic carbocycles. The van der Waals surface area contributed by atoms with Gasteiger partial charge in [-0.05, 0) is 37.3 Å². The Kier molecular flexibility index (Phi) is 5.71. The first-order valence-electron chi connectivity index (χ1n) is 8.36. The van der Waals surface area contributed by atoms with Crippen molar-refractivity contribution in [2.75, 3.05) is 25.6 Å². The van der Waals surface area contributed by atoms with Gasteiger partial charge in [-0.1, -0.05) is 0 Å². The van der Waals surface area contributed by atoms with E-state index in [9.17, 15) is 17.6 Å². The molecule has 150 valence electrons. The van der Waals surface area contributed by atoms with E-state index in [1.54, 1.807) is 18.2 Å². The van der Waals surface area contributed by atoms with Crippen LogP contribution in [-0.2, 0) is 14.8 Å². The summed E-state index contributed by atoms with van der Waals surface area (Å²) in [5.41, 5.74) is 0.420. The third kappa shape index (κ3) is 4.34. The quantitative estimate of drug-likeness (QED) is 0.754. The molecule has 0 aliphatic carbocycles. The molecule has 0 fully saturated rings. The third-order valence-electron chi connectivity index (χ3n) is 3.95. The summed E-state index contributed by atoms with van der Waals surface area (Å²) < 4.78 is 56.6. The number of amides is 1. The second kappa shape index (κ2) is 8.03. The van der Waals surface area contributed by atoms with Gasteiger partial charge in [-0.25, -0.2) is 12.8 Å². The van der Waals surface area contributed by atoms with Gasteiger partial charge in [0, 0.05) is 11.8 Å². The number of benzene rings is 2. The van der Waals surface area contributed by atoms with Crippen LogP contribution >= 0.6 is 0 Å². The number of methoxy groups -OCH3 is 1. The second-order valence-electron chi connectivity index (χ2n) is 5.99. The van der Waals surface area contributed by atoms with E-state index in [2.05, 4.69) is 10.0 Å². The van der Waals surface area contributed by atoms with Crippen LogP contribution in [0.1, 0.15) is 6.92 Å². The standard InChI is InChI=1S/C18H19FN2O6S/c1-11(21-28(23,24)17-9-12(19)3-5-15(17)25-2)18(22)20-13-4-6-14-16(10-13)27-8-7-26-14/h3-6,9-11,21H,7-8H2,1-2H3,(H,20,22). The van der Waals surface area contributed by atoms with Crippen LogP contribution in [0.4, 0.5) is 10.1 Å². The number of ether oxygens (including phenoxy) is 3. The zero-order chi connectivity index (χ0) is 20.3. The smallest absolute Gasteiger partial charge is 0.245 e. The molecule has 0 saturated carbocycles. The predicted molar refractivity (Wildman–Crippen MR) is 98.8 cm³/mol. The average molecular weight is 410 g/mol. The van der Waals surface area contributed by atoms with Crippen molar-refractivity contribution in [3.63, 3.8) is 0 Å². The van der Waals surface area contributed by atoms with Gasteiger partial charge in [-0.15, -0.1) is 0 Å². The first kappa shape index (κ1) is 19.9. The van der Waals surface area contributed by atoms with Crippen molar-refractivity contribution in [3.05, 3.63) is 42.2 Å². The fourth-order valence-electron chi connectivity index (χ4n) is 2.58. The molecule has 10 heteroatoms. The molecule has 1 aliphatic rings. The van der Waals surface area contributed by atoms with E-state index < -0.39 is 32.7 Å². The largest absolute Gasteiger partial charge is 0.495 e. The Morgan fingerprint density at radius 1 is 1.14 bits per heavy atom. The number of hydrogen-bond donors (Lipinski definition) is 2. The summed E-state index contributed by atoms with van der Waals surface area (Å²) in [6.45, 7) is 2.22. The van der Waals surface area contributed by atoms with Gasteiger partial charge in [0.2, 0.25) is 15.9 Å². The molecule has 0 radical (unpaired) electrons. The fraction of sp³-hybridized carbons (Fsp3) is 0.278. The normalized spacial score (nSPS) is 14.2. The van der Waals surface area contributed by atoms with Gasteiger partial charge in [0.25, 0.3) is 0 Å². The number of carbonyl (C=O) groups excluding carboxylic acids is 1. The molecule has 0 bridgehead atoms. The third-order valence-corrected chi connectivity index (χ3v) is 5.51. The number of sulfonamides is 1. The summed E-state index contributed by atoms with van der Waals surface area (Å²) in [6.07, 6.45) is 0. The van der Waals surface area contributed by atoms with Crippen LogP contribution in [0, 0.1) is 5.82 Å². The Balaban J connectivity index is 1.72. The van der Waals surface area contributed by atoms with Crippen molar-refractivity contribution in [2.24, 2.45) is 0 Å². The van der Waals surface area contributed by atoms with Gasteiger partial charge in [-0.3, -0.25) is 4.79 Å². The van der Waals surface area contributed by atoms with Gasteiger partial charge >= 0.3 is 0 Å². The molecule has 2 aromatic rings. The van der Waals surface area contributed by atoms with E-state index in [0.29, 0.717) is 30.4 Å². The molecule has 0 aromatic heterocycles. The second-order valence-corrected chi connectivity index (χ2v) is 7.67. The first-order valence-corrected chi connectivity index (χ1v) is 9.85. The lowest BCUT2D eigenvalue weighted by Crippen LogP contribution is -2.41. The maximum atomic E-state index is 13.5. The topological polar surface area (TPSA) is 103 Å². The molecule has 0 spiro atoms. The van der Waals surface area contributed by atoms with E-state index in [1.807, 2.05) is 0 Å². The number of rotatable bonds is 6. The summed E-state index contributed by atoms with van der Waals surface area (Å²) in [4.78, 5) is 12.0. The lowest BCUT2D eigenvalue weighted by molar-refractivity contribution is -0.117. The monoisotopic (exact) mass is 410 g/mol. The van der Waals surface area contributed by atoms with Crippen molar-refractivity contribution in [3.8, 4) is 17.2 Å². The number of carbonyl (C=O) groups is 1. The minimum Gasteiger partial charge on any atom is -0.495 e. The number of anilines is 1. The summed E-state index contributed by atoms with van der Waals surface area (Å²) >= 11 is 0. The van der Waals surface area contributed by atoms with Crippen LogP contribution in [0.5, 0.6) is 17.2 Å². The van der Waals surface area contributed by atoms with Crippen molar-refractivity contribution >= 4 is 21.6 Å². The highest BCUT2D eigenvalue weighted by Gasteiger charge is 2.26. The number of fused-ring (bicyclic) bond motifs is 1. The predicted octanol–water partition coefficient (Wildman–Crippen LogP) is 1.91. The van der Waals surface area contributed by atoms with Crippen LogP contribution in [0.25, 0.3) is 0 Å². The van der Waals surface area contributed by atoms with Crippen LogP contribution in [0.3, 0.4) is 0 Å². The van der Waals surface area contributed by atoms with Crippen molar-refractivity contribution in [1.82, 2.24) is 4.72 Å². The molecule has 1 unspecified atom stereocenters. The molecule has 1 heterocycles. The average Bonchev–Trinajstić information content (AvgIpc) is 2.67. The maximum absolute atomic E-state index is 13.5. The van der Waals surface area contributed by atoms with E-state index in [1.165, 1.54) is 20.1 Å². The fourth-order valence-corrected chi connectivity index (χ4v) is 3.97. The zero-order valence-electron chi connectivity index (χ0n) is 15.2. The summed E-state index contributed by atoms with van der Waals surface area (Å²) in [6, 6.07) is 6.82. The molecule has 3 rings (SSSR count). The van der Waals surface area contributed by atoms with Crippen LogP contribution in [0.2, 0.25) is 0 Å². The SMILES string of the molecule is COc1ccc(F)cc1S(=O)(=O)NC(C)C(=O)Nc1ccc2c(c1)OCCO2. The highest BCUT2D eigenvalue weighted by atomic mass is 32.2. The van der Waals surface area contributed by atoms with Crippen LogP contribution < -0.4 is 24.2 Å². The zero-order valence-corrected chi connectivity index (χ0v) is 16.0. The summed E-state index contributed by atoms with van der Waals surface area (Å²) in [5, 5.41) is 2.60. The Hall–Kier alpha value is -2.85. The Morgan fingerprint density at radius 3 is 2.57 bits per heavy atom. The lowest BCUT2D eigenvalue weighted by Gasteiger charge is -2.20. The van der Waals surface area contributed by atoms with E-state index in [4.69, 9.17) is 14.2 Å². The molecule has 28 heavy (non-hydrogen) atoms. The maximum Gasteiger partial charge on any atom is 0.245 e.